The van der Waals surface area contributed by atoms with Crippen LogP contribution in [0.2, 0.25) is 0 Å². The lowest BCUT2D eigenvalue weighted by atomic mass is 9.85. The van der Waals surface area contributed by atoms with Crippen LogP contribution < -0.4 is 20.9 Å². The van der Waals surface area contributed by atoms with Crippen molar-refractivity contribution in [2.24, 2.45) is 0 Å². The average molecular weight is 427 g/mol. The number of amides is 4. The predicted octanol–water partition coefficient (Wildman–Crippen LogP) is 0.219. The van der Waals surface area contributed by atoms with E-state index in [0.29, 0.717) is 19.5 Å². The molecule has 4 heterocycles. The molecule has 4 aliphatic rings. The van der Waals surface area contributed by atoms with Gasteiger partial charge in [-0.2, -0.15) is 0 Å². The van der Waals surface area contributed by atoms with Crippen molar-refractivity contribution in [1.82, 2.24) is 25.8 Å². The third-order valence-corrected chi connectivity index (χ3v) is 7.50. The van der Waals surface area contributed by atoms with Gasteiger partial charge in [-0.1, -0.05) is 12.1 Å². The number of nitrogens with one attached hydrogen (secondary N) is 3. The van der Waals surface area contributed by atoms with E-state index in [1.165, 1.54) is 5.56 Å². The highest BCUT2D eigenvalue weighted by molar-refractivity contribution is 6.07. The van der Waals surface area contributed by atoms with Crippen molar-refractivity contribution in [2.75, 3.05) is 44.8 Å². The molecule has 4 fully saturated rings. The van der Waals surface area contributed by atoms with Crippen LogP contribution in [-0.2, 0) is 16.1 Å². The van der Waals surface area contributed by atoms with Crippen LogP contribution in [0.25, 0.3) is 0 Å². The van der Waals surface area contributed by atoms with Crippen LogP contribution in [0, 0.1) is 0 Å². The number of urea groups is 1. The van der Waals surface area contributed by atoms with Gasteiger partial charge in [-0.05, 0) is 50.4 Å². The molecule has 3 N–H and O–H groups in total. The molecule has 1 aromatic carbocycles. The van der Waals surface area contributed by atoms with E-state index in [2.05, 4.69) is 62.0 Å². The van der Waals surface area contributed by atoms with Crippen molar-refractivity contribution in [1.29, 1.82) is 0 Å². The van der Waals surface area contributed by atoms with Crippen molar-refractivity contribution >= 4 is 23.5 Å². The molecule has 9 heteroatoms. The second kappa shape index (κ2) is 7.49. The van der Waals surface area contributed by atoms with Gasteiger partial charge >= 0.3 is 6.03 Å². The molecular weight excluding hydrogens is 396 g/mol. The molecule has 0 radical (unpaired) electrons. The smallest absolute Gasteiger partial charge is 0.322 e. The maximum absolute atomic E-state index is 12.8. The van der Waals surface area contributed by atoms with Crippen LogP contribution in [0.5, 0.6) is 0 Å². The minimum atomic E-state index is -0.739. The number of hydrogen-bond donors (Lipinski definition) is 3. The van der Waals surface area contributed by atoms with Crippen molar-refractivity contribution < 1.29 is 14.4 Å². The number of benzene rings is 1. The zero-order chi connectivity index (χ0) is 21.6. The molecule has 9 nitrogen and oxygen atoms in total. The summed E-state index contributed by atoms with van der Waals surface area (Å²) in [5.74, 6) is -0.0574. The summed E-state index contributed by atoms with van der Waals surface area (Å²) in [6.45, 7) is 4.67. The number of rotatable bonds is 3. The summed E-state index contributed by atoms with van der Waals surface area (Å²) < 4.78 is 0. The minimum Gasteiger partial charge on any atom is -0.339 e. The number of piperidine rings is 2. The van der Waals surface area contributed by atoms with Crippen molar-refractivity contribution in [3.05, 3.63) is 29.8 Å². The standard InChI is InChI=1S/C22H30N6O3/c1-26-9-7-22(8-10-26)19(30)23-15-28(22)17-4-2-3-16(13-17)14-27-11-5-21(6-12-27)18(29)24-20(31)25-21/h2-4,13H,5-12,14-15H2,1H3,(H,23,30)(H2,24,25,29,31). The monoisotopic (exact) mass is 426 g/mol. The Morgan fingerprint density at radius 1 is 0.968 bits per heavy atom. The molecular formula is C22H30N6O3. The number of nitrogens with zero attached hydrogens (tertiary/aromatic N) is 3. The zero-order valence-corrected chi connectivity index (χ0v) is 17.9. The Balaban J connectivity index is 1.27. The van der Waals surface area contributed by atoms with Gasteiger partial charge < -0.3 is 20.4 Å². The van der Waals surface area contributed by atoms with E-state index >= 15 is 0 Å². The van der Waals surface area contributed by atoms with Gasteiger partial charge in [0.05, 0.1) is 6.67 Å². The van der Waals surface area contributed by atoms with Crippen LogP contribution >= 0.6 is 0 Å². The van der Waals surface area contributed by atoms with Crippen LogP contribution in [0.4, 0.5) is 10.5 Å². The Labute approximate surface area is 182 Å². The molecule has 1 aromatic rings. The maximum Gasteiger partial charge on any atom is 0.322 e. The van der Waals surface area contributed by atoms with Crippen LogP contribution in [0.1, 0.15) is 31.2 Å². The zero-order valence-electron chi connectivity index (χ0n) is 17.9. The van der Waals surface area contributed by atoms with E-state index in [0.717, 1.165) is 51.3 Å². The lowest BCUT2D eigenvalue weighted by Crippen LogP contribution is -2.55. The summed E-state index contributed by atoms with van der Waals surface area (Å²) in [7, 11) is 2.11. The largest absolute Gasteiger partial charge is 0.339 e. The number of carbonyl (C=O) groups is 3. The fourth-order valence-corrected chi connectivity index (χ4v) is 5.47. The van der Waals surface area contributed by atoms with Gasteiger partial charge in [0.25, 0.3) is 5.91 Å². The molecule has 0 unspecified atom stereocenters. The normalized spacial score (nSPS) is 25.7. The van der Waals surface area contributed by atoms with Crippen molar-refractivity contribution in [3.63, 3.8) is 0 Å². The summed E-state index contributed by atoms with van der Waals surface area (Å²) in [5, 5.41) is 8.25. The lowest BCUT2D eigenvalue weighted by Gasteiger charge is -2.42. The highest BCUT2D eigenvalue weighted by Crippen LogP contribution is 2.36. The summed E-state index contributed by atoms with van der Waals surface area (Å²) in [6.07, 6.45) is 2.90. The fraction of sp³-hybridized carbons (Fsp3) is 0.591. The maximum atomic E-state index is 12.8. The molecule has 0 saturated carbocycles. The van der Waals surface area contributed by atoms with E-state index in [-0.39, 0.29) is 17.8 Å². The first-order chi connectivity index (χ1) is 14.9. The number of hydrogen-bond acceptors (Lipinski definition) is 6. The third-order valence-electron chi connectivity index (χ3n) is 7.50. The van der Waals surface area contributed by atoms with Gasteiger partial charge in [0.2, 0.25) is 5.91 Å². The van der Waals surface area contributed by atoms with E-state index in [4.69, 9.17) is 0 Å². The number of likely N-dealkylation sites (tertiary alicyclic amines) is 2. The fourth-order valence-electron chi connectivity index (χ4n) is 5.47. The summed E-state index contributed by atoms with van der Waals surface area (Å²) >= 11 is 0. The van der Waals surface area contributed by atoms with Crippen LogP contribution in [0.3, 0.4) is 0 Å². The molecule has 0 bridgehead atoms. The molecule has 5 rings (SSSR count). The molecule has 4 amide bonds. The Hall–Kier alpha value is -2.65. The number of anilines is 1. The first-order valence-corrected chi connectivity index (χ1v) is 11.1. The molecule has 4 saturated heterocycles. The highest BCUT2D eigenvalue weighted by atomic mass is 16.2. The molecule has 2 spiro atoms. The van der Waals surface area contributed by atoms with Gasteiger partial charge in [-0.25, -0.2) is 4.79 Å². The minimum absolute atomic E-state index is 0.143. The van der Waals surface area contributed by atoms with Gasteiger partial charge in [0.15, 0.2) is 0 Å². The van der Waals surface area contributed by atoms with E-state index in [1.807, 2.05) is 0 Å². The van der Waals surface area contributed by atoms with E-state index < -0.39 is 11.1 Å². The summed E-state index contributed by atoms with van der Waals surface area (Å²) in [4.78, 5) is 43.3. The van der Waals surface area contributed by atoms with Crippen molar-refractivity contribution in [2.45, 2.75) is 43.3 Å². The average Bonchev–Trinajstić information content (AvgIpc) is 3.22. The SMILES string of the molecule is CN1CCC2(CC1)C(=O)NCN2c1cccc(CN2CCC3(CC2)NC(=O)NC3=O)c1. The van der Waals surface area contributed by atoms with Gasteiger partial charge in [0, 0.05) is 38.4 Å². The Morgan fingerprint density at radius 3 is 2.39 bits per heavy atom. The summed E-state index contributed by atoms with van der Waals surface area (Å²) in [5.41, 5.74) is 1.08. The molecule has 166 valence electrons. The van der Waals surface area contributed by atoms with Gasteiger partial charge in [0.1, 0.15) is 11.1 Å². The van der Waals surface area contributed by atoms with Crippen molar-refractivity contribution in [3.8, 4) is 0 Å². The third kappa shape index (κ3) is 3.45. The second-order valence-electron chi connectivity index (χ2n) is 9.36. The first-order valence-electron chi connectivity index (χ1n) is 11.1. The Kier molecular flexibility index (Phi) is 4.90. The van der Waals surface area contributed by atoms with Crippen LogP contribution in [0.15, 0.2) is 24.3 Å². The van der Waals surface area contributed by atoms with Gasteiger partial charge in [-0.15, -0.1) is 0 Å². The molecule has 31 heavy (non-hydrogen) atoms. The molecule has 0 atom stereocenters. The molecule has 4 aliphatic heterocycles. The van der Waals surface area contributed by atoms with Gasteiger partial charge in [-0.3, -0.25) is 19.8 Å². The highest BCUT2D eigenvalue weighted by Gasteiger charge is 2.50. The van der Waals surface area contributed by atoms with Crippen LogP contribution in [-0.4, -0.2) is 78.6 Å². The van der Waals surface area contributed by atoms with E-state index in [1.54, 1.807) is 0 Å². The topological polar surface area (TPSA) is 97.0 Å². The lowest BCUT2D eigenvalue weighted by molar-refractivity contribution is -0.126. The number of carbonyl (C=O) groups excluding carboxylic acids is 3. The quantitative estimate of drug-likeness (QED) is 0.599. The molecule has 0 aliphatic carbocycles. The Bertz CT molecular complexity index is 902. The Morgan fingerprint density at radius 2 is 1.71 bits per heavy atom. The predicted molar refractivity (Wildman–Crippen MR) is 115 cm³/mol. The summed E-state index contributed by atoms with van der Waals surface area (Å²) in [6, 6.07) is 8.07. The number of imide groups is 1. The molecule has 0 aromatic heterocycles. The second-order valence-corrected chi connectivity index (χ2v) is 9.36. The first kappa shape index (κ1) is 20.3. The van der Waals surface area contributed by atoms with E-state index in [9.17, 15) is 14.4 Å².